The van der Waals surface area contributed by atoms with Crippen LogP contribution in [0.3, 0.4) is 0 Å². The van der Waals surface area contributed by atoms with Crippen molar-refractivity contribution in [1.82, 2.24) is 0 Å². The number of carboxylic acids is 1. The van der Waals surface area contributed by atoms with Crippen LogP contribution in [0.25, 0.3) is 0 Å². The van der Waals surface area contributed by atoms with Crippen molar-refractivity contribution in [1.29, 1.82) is 0 Å². The average Bonchev–Trinajstić information content (AvgIpc) is 2.20. The SMILES string of the molecule is Cc1ccc(N(CCC(=O)O)C(N)=O)cc1. The highest BCUT2D eigenvalue weighted by Gasteiger charge is 2.13. The van der Waals surface area contributed by atoms with Crippen LogP contribution in [-0.4, -0.2) is 23.7 Å². The van der Waals surface area contributed by atoms with Crippen molar-refractivity contribution in [2.24, 2.45) is 5.73 Å². The van der Waals surface area contributed by atoms with Crippen LogP contribution in [0.1, 0.15) is 12.0 Å². The Labute approximate surface area is 93.5 Å². The molecular weight excluding hydrogens is 208 g/mol. The molecule has 0 fully saturated rings. The smallest absolute Gasteiger partial charge is 0.319 e. The van der Waals surface area contributed by atoms with Crippen LogP contribution in [0, 0.1) is 6.92 Å². The zero-order valence-corrected chi connectivity index (χ0v) is 9.01. The molecule has 0 spiro atoms. The summed E-state index contributed by atoms with van der Waals surface area (Å²) in [7, 11) is 0. The van der Waals surface area contributed by atoms with Gasteiger partial charge in [0.05, 0.1) is 6.42 Å². The Kier molecular flexibility index (Phi) is 3.88. The molecule has 0 aliphatic rings. The molecule has 0 atom stereocenters. The molecule has 86 valence electrons. The number of hydrogen-bond donors (Lipinski definition) is 2. The molecule has 1 aromatic carbocycles. The molecule has 0 aliphatic carbocycles. The number of aryl methyl sites for hydroxylation is 1. The maximum atomic E-state index is 11.2. The molecule has 0 heterocycles. The van der Waals surface area contributed by atoms with Crippen LogP contribution in [-0.2, 0) is 4.79 Å². The lowest BCUT2D eigenvalue weighted by atomic mass is 10.2. The normalized spacial score (nSPS) is 9.81. The van der Waals surface area contributed by atoms with Crippen LogP contribution in [0.5, 0.6) is 0 Å². The summed E-state index contributed by atoms with van der Waals surface area (Å²) in [4.78, 5) is 22.8. The van der Waals surface area contributed by atoms with E-state index in [4.69, 9.17) is 10.8 Å². The zero-order valence-electron chi connectivity index (χ0n) is 9.01. The van der Waals surface area contributed by atoms with Crippen molar-refractivity contribution in [2.75, 3.05) is 11.4 Å². The lowest BCUT2D eigenvalue weighted by molar-refractivity contribution is -0.136. The number of benzene rings is 1. The number of aliphatic carboxylic acids is 1. The third-order valence-corrected chi connectivity index (χ3v) is 2.16. The largest absolute Gasteiger partial charge is 0.481 e. The number of nitrogens with zero attached hydrogens (tertiary/aromatic N) is 1. The lowest BCUT2D eigenvalue weighted by Crippen LogP contribution is -2.37. The third-order valence-electron chi connectivity index (χ3n) is 2.16. The topological polar surface area (TPSA) is 83.6 Å². The van der Waals surface area contributed by atoms with Crippen LogP contribution >= 0.6 is 0 Å². The van der Waals surface area contributed by atoms with Gasteiger partial charge in [0.2, 0.25) is 0 Å². The van der Waals surface area contributed by atoms with Crippen LogP contribution < -0.4 is 10.6 Å². The summed E-state index contributed by atoms with van der Waals surface area (Å²) in [6.45, 7) is 2.00. The van der Waals surface area contributed by atoms with E-state index in [9.17, 15) is 9.59 Å². The Bertz CT molecular complexity index is 387. The summed E-state index contributed by atoms with van der Waals surface area (Å²) in [5.74, 6) is -0.960. The molecule has 0 saturated heterocycles. The number of carbonyl (C=O) groups excluding carboxylic acids is 1. The number of amides is 2. The van der Waals surface area contributed by atoms with E-state index < -0.39 is 12.0 Å². The second-order valence-electron chi connectivity index (χ2n) is 3.47. The Morgan fingerprint density at radius 3 is 2.31 bits per heavy atom. The van der Waals surface area contributed by atoms with E-state index in [0.29, 0.717) is 5.69 Å². The monoisotopic (exact) mass is 222 g/mol. The first kappa shape index (κ1) is 12.0. The highest BCUT2D eigenvalue weighted by Crippen LogP contribution is 2.15. The molecule has 5 nitrogen and oxygen atoms in total. The number of anilines is 1. The fraction of sp³-hybridized carbons (Fsp3) is 0.273. The van der Waals surface area contributed by atoms with Crippen molar-refractivity contribution in [3.63, 3.8) is 0 Å². The van der Waals surface area contributed by atoms with Gasteiger partial charge in [-0.2, -0.15) is 0 Å². The second kappa shape index (κ2) is 5.16. The van der Waals surface area contributed by atoms with Gasteiger partial charge in [0.25, 0.3) is 0 Å². The summed E-state index contributed by atoms with van der Waals surface area (Å²) in [6.07, 6.45) is -0.128. The molecule has 0 radical (unpaired) electrons. The minimum atomic E-state index is -0.960. The number of urea groups is 1. The van der Waals surface area contributed by atoms with Crippen LogP contribution in [0.15, 0.2) is 24.3 Å². The highest BCUT2D eigenvalue weighted by atomic mass is 16.4. The van der Waals surface area contributed by atoms with Crippen molar-refractivity contribution >= 4 is 17.7 Å². The van der Waals surface area contributed by atoms with E-state index in [1.807, 2.05) is 19.1 Å². The van der Waals surface area contributed by atoms with E-state index in [-0.39, 0.29) is 13.0 Å². The first-order valence-corrected chi connectivity index (χ1v) is 4.86. The molecule has 16 heavy (non-hydrogen) atoms. The minimum Gasteiger partial charge on any atom is -0.481 e. The Morgan fingerprint density at radius 2 is 1.88 bits per heavy atom. The summed E-state index contributed by atoms with van der Waals surface area (Å²) in [5, 5.41) is 8.56. The number of rotatable bonds is 4. The summed E-state index contributed by atoms with van der Waals surface area (Å²) in [5.41, 5.74) is 6.86. The minimum absolute atomic E-state index is 0.0771. The Balaban J connectivity index is 2.81. The van der Waals surface area contributed by atoms with E-state index >= 15 is 0 Å². The van der Waals surface area contributed by atoms with Crippen molar-refractivity contribution in [3.05, 3.63) is 29.8 Å². The molecule has 3 N–H and O–H groups in total. The number of carbonyl (C=O) groups is 2. The van der Waals surface area contributed by atoms with Gasteiger partial charge in [-0.25, -0.2) is 4.79 Å². The van der Waals surface area contributed by atoms with E-state index in [0.717, 1.165) is 5.56 Å². The molecule has 0 bridgehead atoms. The van der Waals surface area contributed by atoms with Gasteiger partial charge in [0.15, 0.2) is 0 Å². The highest BCUT2D eigenvalue weighted by molar-refractivity contribution is 5.91. The van der Waals surface area contributed by atoms with E-state index in [2.05, 4.69) is 0 Å². The molecule has 5 heteroatoms. The van der Waals surface area contributed by atoms with Gasteiger partial charge in [-0.05, 0) is 19.1 Å². The third kappa shape index (κ3) is 3.27. The molecule has 0 aliphatic heterocycles. The summed E-state index contributed by atoms with van der Waals surface area (Å²) in [6, 6.07) is 6.51. The van der Waals surface area contributed by atoms with Crippen LogP contribution in [0.2, 0.25) is 0 Å². The van der Waals surface area contributed by atoms with Crippen molar-refractivity contribution in [2.45, 2.75) is 13.3 Å². The number of primary amides is 1. The van der Waals surface area contributed by atoms with Gasteiger partial charge in [-0.1, -0.05) is 17.7 Å². The van der Waals surface area contributed by atoms with Crippen LogP contribution in [0.4, 0.5) is 10.5 Å². The van der Waals surface area contributed by atoms with E-state index in [1.54, 1.807) is 12.1 Å². The van der Waals surface area contributed by atoms with Gasteiger partial charge in [0.1, 0.15) is 0 Å². The molecule has 1 aromatic rings. The van der Waals surface area contributed by atoms with Crippen molar-refractivity contribution in [3.8, 4) is 0 Å². The molecule has 0 aromatic heterocycles. The van der Waals surface area contributed by atoms with Gasteiger partial charge in [0, 0.05) is 12.2 Å². The van der Waals surface area contributed by atoms with Gasteiger partial charge >= 0.3 is 12.0 Å². The molecule has 0 saturated carbocycles. The van der Waals surface area contributed by atoms with E-state index in [1.165, 1.54) is 4.90 Å². The number of carboxylic acid groups (broad SMARTS) is 1. The molecule has 2 amide bonds. The summed E-state index contributed by atoms with van der Waals surface area (Å²) >= 11 is 0. The maximum Gasteiger partial charge on any atom is 0.319 e. The standard InChI is InChI=1S/C11H14N2O3/c1-8-2-4-9(5-3-8)13(11(12)16)7-6-10(14)15/h2-5H,6-7H2,1H3,(H2,12,16)(H,14,15). The Hall–Kier alpha value is -2.04. The molecule has 1 rings (SSSR count). The summed E-state index contributed by atoms with van der Waals surface area (Å²) < 4.78 is 0. The number of hydrogen-bond acceptors (Lipinski definition) is 2. The molecular formula is C11H14N2O3. The first-order chi connectivity index (χ1) is 7.50. The lowest BCUT2D eigenvalue weighted by Gasteiger charge is -2.19. The van der Waals surface area contributed by atoms with Gasteiger partial charge < -0.3 is 10.8 Å². The average molecular weight is 222 g/mol. The molecule has 0 unspecified atom stereocenters. The fourth-order valence-corrected chi connectivity index (χ4v) is 1.30. The van der Waals surface area contributed by atoms with Crippen molar-refractivity contribution < 1.29 is 14.7 Å². The maximum absolute atomic E-state index is 11.2. The second-order valence-corrected chi connectivity index (χ2v) is 3.47. The first-order valence-electron chi connectivity index (χ1n) is 4.86. The zero-order chi connectivity index (χ0) is 12.1. The predicted molar refractivity (Wildman–Crippen MR) is 60.4 cm³/mol. The quantitative estimate of drug-likeness (QED) is 0.806. The Morgan fingerprint density at radius 1 is 1.31 bits per heavy atom. The number of nitrogens with two attached hydrogens (primary N) is 1. The van der Waals surface area contributed by atoms with Gasteiger partial charge in [-0.15, -0.1) is 0 Å². The fourth-order valence-electron chi connectivity index (χ4n) is 1.30. The predicted octanol–water partition coefficient (Wildman–Crippen LogP) is 1.35. The van der Waals surface area contributed by atoms with Gasteiger partial charge in [-0.3, -0.25) is 9.69 Å².